The Labute approximate surface area is 96.7 Å². The summed E-state index contributed by atoms with van der Waals surface area (Å²) in [6.45, 7) is 2.17. The first-order valence-electron chi connectivity index (χ1n) is 5.87. The van der Waals surface area contributed by atoms with E-state index in [1.165, 1.54) is 19.3 Å². The molecule has 16 heavy (non-hydrogen) atoms. The van der Waals surface area contributed by atoms with Crippen LogP contribution in [0, 0.1) is 0 Å². The number of hydrogen-bond acceptors (Lipinski definition) is 1. The van der Waals surface area contributed by atoms with E-state index in [4.69, 9.17) is 5.11 Å². The largest absolute Gasteiger partial charge is 0.477 e. The second-order valence-corrected chi connectivity index (χ2v) is 4.10. The molecule has 0 aliphatic heterocycles. The second kappa shape index (κ2) is 6.26. The van der Waals surface area contributed by atoms with Crippen LogP contribution in [0.2, 0.25) is 0 Å². The summed E-state index contributed by atoms with van der Waals surface area (Å²) < 4.78 is 1.91. The molecule has 0 bridgehead atoms. The summed E-state index contributed by atoms with van der Waals surface area (Å²) in [4.78, 5) is 11.0. The number of pyridine rings is 1. The topological polar surface area (TPSA) is 41.2 Å². The molecule has 0 aromatic carbocycles. The molecule has 3 heteroatoms. The summed E-state index contributed by atoms with van der Waals surface area (Å²) in [5, 5.41) is 9.08. The van der Waals surface area contributed by atoms with Crippen LogP contribution in [0.4, 0.5) is 0 Å². The molecule has 0 spiro atoms. The molecule has 1 heterocycles. The summed E-state index contributed by atoms with van der Waals surface area (Å²) in [6, 6.07) is 3.45. The van der Waals surface area contributed by atoms with Crippen LogP contribution >= 0.6 is 0 Å². The van der Waals surface area contributed by atoms with Gasteiger partial charge in [0, 0.05) is 12.5 Å². The minimum atomic E-state index is -0.832. The smallest absolute Gasteiger partial charge is 0.342 e. The lowest BCUT2D eigenvalue weighted by molar-refractivity contribution is -0.679. The first-order chi connectivity index (χ1) is 7.66. The van der Waals surface area contributed by atoms with Crippen LogP contribution < -0.4 is 4.57 Å². The third-order valence-electron chi connectivity index (χ3n) is 2.81. The molecule has 0 saturated carbocycles. The molecular formula is C13H20NO2+. The van der Waals surface area contributed by atoms with Crippen molar-refractivity contribution in [1.29, 1.82) is 0 Å². The van der Waals surface area contributed by atoms with Crippen LogP contribution in [0.5, 0.6) is 0 Å². The maximum absolute atomic E-state index is 11.0. The molecular weight excluding hydrogens is 202 g/mol. The quantitative estimate of drug-likeness (QED) is 0.593. The summed E-state index contributed by atoms with van der Waals surface area (Å²) in [5.41, 5.74) is 1.35. The van der Waals surface area contributed by atoms with Crippen molar-refractivity contribution in [1.82, 2.24) is 0 Å². The monoisotopic (exact) mass is 222 g/mol. The Balaban J connectivity index is 2.73. The van der Waals surface area contributed by atoms with Crippen LogP contribution in [0.3, 0.4) is 0 Å². The van der Waals surface area contributed by atoms with Gasteiger partial charge in [0.05, 0.1) is 0 Å². The molecule has 0 radical (unpaired) electrons. The van der Waals surface area contributed by atoms with Gasteiger partial charge in [-0.05, 0) is 12.5 Å². The molecule has 0 fully saturated rings. The van der Waals surface area contributed by atoms with E-state index in [2.05, 4.69) is 6.92 Å². The molecule has 88 valence electrons. The Kier molecular flexibility index (Phi) is 4.96. The maximum atomic E-state index is 11.0. The number of aromatic carboxylic acids is 1. The Bertz CT molecular complexity index is 361. The number of aromatic nitrogens is 1. The standard InChI is InChI=1S/C13H19NO2/c1-3-4-5-6-9-12-11(13(15)16)8-7-10-14(12)2/h7-8,10H,3-6,9H2,1-2H3/p+1. The summed E-state index contributed by atoms with van der Waals surface area (Å²) in [5.74, 6) is -0.832. The predicted molar refractivity (Wildman–Crippen MR) is 62.4 cm³/mol. The number of rotatable bonds is 6. The first kappa shape index (κ1) is 12.7. The van der Waals surface area contributed by atoms with Crippen molar-refractivity contribution >= 4 is 5.97 Å². The SMILES string of the molecule is CCCCCCc1c(C(=O)O)ccc[n+]1C. The van der Waals surface area contributed by atoms with Gasteiger partial charge < -0.3 is 5.11 Å². The van der Waals surface area contributed by atoms with Crippen LogP contribution in [0.15, 0.2) is 18.3 Å². The third kappa shape index (κ3) is 3.33. The number of aryl methyl sites for hydroxylation is 1. The molecule has 0 aliphatic rings. The molecule has 1 rings (SSSR count). The molecule has 0 unspecified atom stereocenters. The van der Waals surface area contributed by atoms with Crippen molar-refractivity contribution in [2.75, 3.05) is 0 Å². The molecule has 3 nitrogen and oxygen atoms in total. The third-order valence-corrected chi connectivity index (χ3v) is 2.81. The van der Waals surface area contributed by atoms with E-state index in [-0.39, 0.29) is 0 Å². The second-order valence-electron chi connectivity index (χ2n) is 4.10. The van der Waals surface area contributed by atoms with Gasteiger partial charge >= 0.3 is 5.97 Å². The van der Waals surface area contributed by atoms with Gasteiger partial charge in [-0.3, -0.25) is 0 Å². The van der Waals surface area contributed by atoms with Crippen LogP contribution in [0.1, 0.15) is 48.7 Å². The number of hydrogen-bond donors (Lipinski definition) is 1. The molecule has 1 aromatic heterocycles. The number of carbonyl (C=O) groups is 1. The fraction of sp³-hybridized carbons (Fsp3) is 0.538. The molecule has 0 aliphatic carbocycles. The van der Waals surface area contributed by atoms with Crippen molar-refractivity contribution < 1.29 is 14.5 Å². The molecule has 1 aromatic rings. The highest BCUT2D eigenvalue weighted by Crippen LogP contribution is 2.09. The summed E-state index contributed by atoms with van der Waals surface area (Å²) in [6.07, 6.45) is 7.41. The van der Waals surface area contributed by atoms with Crippen LogP contribution in [0.25, 0.3) is 0 Å². The van der Waals surface area contributed by atoms with Gasteiger partial charge in [-0.2, -0.15) is 0 Å². The van der Waals surface area contributed by atoms with E-state index in [1.54, 1.807) is 12.1 Å². The van der Waals surface area contributed by atoms with Crippen molar-refractivity contribution in [3.63, 3.8) is 0 Å². The summed E-state index contributed by atoms with van der Waals surface area (Å²) >= 11 is 0. The molecule has 1 N–H and O–H groups in total. The van der Waals surface area contributed by atoms with E-state index >= 15 is 0 Å². The number of carboxylic acids is 1. The fourth-order valence-corrected chi connectivity index (χ4v) is 1.87. The molecule has 0 atom stereocenters. The Morgan fingerprint density at radius 3 is 2.75 bits per heavy atom. The zero-order valence-electron chi connectivity index (χ0n) is 10.1. The Hall–Kier alpha value is -1.38. The minimum Gasteiger partial charge on any atom is -0.477 e. The fourth-order valence-electron chi connectivity index (χ4n) is 1.87. The molecule has 0 saturated heterocycles. The average Bonchev–Trinajstić information content (AvgIpc) is 2.25. The van der Waals surface area contributed by atoms with Crippen LogP contribution in [-0.2, 0) is 13.5 Å². The van der Waals surface area contributed by atoms with Crippen LogP contribution in [-0.4, -0.2) is 11.1 Å². The van der Waals surface area contributed by atoms with Gasteiger partial charge in [-0.25, -0.2) is 9.36 Å². The highest BCUT2D eigenvalue weighted by atomic mass is 16.4. The van der Waals surface area contributed by atoms with Gasteiger partial charge in [-0.1, -0.05) is 26.2 Å². The van der Waals surface area contributed by atoms with Crippen molar-refractivity contribution in [3.8, 4) is 0 Å². The van der Waals surface area contributed by atoms with E-state index in [0.29, 0.717) is 5.56 Å². The van der Waals surface area contributed by atoms with Gasteiger partial charge in [0.1, 0.15) is 12.6 Å². The van der Waals surface area contributed by atoms with Gasteiger partial charge in [-0.15, -0.1) is 0 Å². The number of nitrogens with zero attached hydrogens (tertiary/aromatic N) is 1. The maximum Gasteiger partial charge on any atom is 0.342 e. The highest BCUT2D eigenvalue weighted by molar-refractivity contribution is 5.88. The zero-order valence-corrected chi connectivity index (χ0v) is 10.1. The van der Waals surface area contributed by atoms with Crippen molar-refractivity contribution in [2.24, 2.45) is 7.05 Å². The van der Waals surface area contributed by atoms with Crippen molar-refractivity contribution in [2.45, 2.75) is 39.0 Å². The van der Waals surface area contributed by atoms with Gasteiger partial charge in [0.15, 0.2) is 11.9 Å². The van der Waals surface area contributed by atoms with Gasteiger partial charge in [0.2, 0.25) is 0 Å². The zero-order chi connectivity index (χ0) is 12.0. The van der Waals surface area contributed by atoms with E-state index in [1.807, 2.05) is 17.8 Å². The summed E-state index contributed by atoms with van der Waals surface area (Å²) in [7, 11) is 1.90. The first-order valence-corrected chi connectivity index (χ1v) is 5.87. The highest BCUT2D eigenvalue weighted by Gasteiger charge is 2.17. The van der Waals surface area contributed by atoms with Crippen molar-refractivity contribution in [3.05, 3.63) is 29.6 Å². The van der Waals surface area contributed by atoms with E-state index in [0.717, 1.165) is 18.5 Å². The Morgan fingerprint density at radius 2 is 2.12 bits per heavy atom. The Morgan fingerprint density at radius 1 is 1.38 bits per heavy atom. The lowest BCUT2D eigenvalue weighted by atomic mass is 10.1. The minimum absolute atomic E-state index is 0.432. The van der Waals surface area contributed by atoms with Gasteiger partial charge in [0.25, 0.3) is 0 Å². The van der Waals surface area contributed by atoms with E-state index < -0.39 is 5.97 Å². The van der Waals surface area contributed by atoms with E-state index in [9.17, 15) is 4.79 Å². The lowest BCUT2D eigenvalue weighted by Gasteiger charge is -2.03. The normalized spacial score (nSPS) is 10.4. The average molecular weight is 222 g/mol. The number of carboxylic acid groups (broad SMARTS) is 1. The molecule has 0 amide bonds. The predicted octanol–water partition coefficient (Wildman–Crippen LogP) is 2.33. The lowest BCUT2D eigenvalue weighted by Crippen LogP contribution is -2.35. The number of unbranched alkanes of at least 4 members (excludes halogenated alkanes) is 3.